The second kappa shape index (κ2) is 16.1. The first-order valence-electron chi connectivity index (χ1n) is 25.2. The molecule has 348 valence electrons. The summed E-state index contributed by atoms with van der Waals surface area (Å²) >= 11 is 0. The third kappa shape index (κ3) is 6.64. The van der Waals surface area contributed by atoms with E-state index in [4.69, 9.17) is 9.98 Å². The van der Waals surface area contributed by atoms with Crippen LogP contribution in [-0.4, -0.2) is 33.8 Å². The quantitative estimate of drug-likeness (QED) is 0.152. The Morgan fingerprint density at radius 2 is 0.746 bits per heavy atom. The number of aliphatic imine (C=N–C) groups is 2. The smallest absolute Gasteiger partial charge is 0.136 e. The summed E-state index contributed by atoms with van der Waals surface area (Å²) in [6.45, 7) is 18.3. The van der Waals surface area contributed by atoms with Crippen LogP contribution in [0.3, 0.4) is 0 Å². The number of rotatable bonds is 8. The molecule has 9 aromatic rings. The van der Waals surface area contributed by atoms with E-state index in [1.165, 1.54) is 60.8 Å². The summed E-state index contributed by atoms with van der Waals surface area (Å²) in [5, 5.41) is 2.48. The van der Waals surface area contributed by atoms with Crippen molar-refractivity contribution in [1.29, 1.82) is 0 Å². The lowest BCUT2D eigenvalue weighted by Crippen LogP contribution is -2.53. The van der Waals surface area contributed by atoms with E-state index >= 15 is 0 Å². The van der Waals surface area contributed by atoms with Gasteiger partial charge >= 0.3 is 0 Å². The average molecular weight is 921 g/mol. The van der Waals surface area contributed by atoms with E-state index in [-0.39, 0.29) is 22.2 Å². The Hall–Kier alpha value is -7.82. The SMILES string of the molecule is CC1(C)N=C(c2ccccc2)N(c2cccc(-c3ccc4c(c3)C(c3ccccc3)(c3ccccc3)c3cc(-c5cccc(N6C(c7ccccc7)=NC(C)(C)C6(C)C)c5)c5ccccc5c3-4)c2)C1(C)C. The molecule has 9 aromatic carbocycles. The zero-order valence-electron chi connectivity index (χ0n) is 42.1. The second-order valence-electron chi connectivity index (χ2n) is 21.7. The fraction of sp³-hybridized carbons (Fsp3) is 0.194. The van der Waals surface area contributed by atoms with Gasteiger partial charge in [-0.1, -0.05) is 182 Å². The predicted octanol–water partition coefficient (Wildman–Crippen LogP) is 16.2. The monoisotopic (exact) mass is 920 g/mol. The minimum Gasteiger partial charge on any atom is -0.318 e. The molecular weight excluding hydrogens is 861 g/mol. The molecule has 0 fully saturated rings. The van der Waals surface area contributed by atoms with E-state index in [1.54, 1.807) is 0 Å². The Kier molecular flexibility index (Phi) is 10.1. The lowest BCUT2D eigenvalue weighted by molar-refractivity contribution is 0.338. The van der Waals surface area contributed by atoms with Gasteiger partial charge in [0.25, 0.3) is 0 Å². The molecule has 0 N–H and O–H groups in total. The minimum absolute atomic E-state index is 0.288. The number of nitrogens with zero attached hydrogens (tertiary/aromatic N) is 4. The minimum atomic E-state index is -0.639. The normalized spacial score (nSPS) is 17.7. The van der Waals surface area contributed by atoms with Crippen LogP contribution in [-0.2, 0) is 5.41 Å². The molecule has 1 aliphatic carbocycles. The molecule has 0 amide bonds. The van der Waals surface area contributed by atoms with Crippen molar-refractivity contribution in [1.82, 2.24) is 0 Å². The van der Waals surface area contributed by atoms with Crippen molar-refractivity contribution >= 4 is 33.8 Å². The fourth-order valence-electron chi connectivity index (χ4n) is 11.8. The van der Waals surface area contributed by atoms with Crippen LogP contribution in [0.2, 0.25) is 0 Å². The Labute approximate surface area is 419 Å². The standard InChI is InChI=1S/C67H60N4/c1-63(2)65(5,6)70(61(68-63)45-25-13-9-14-26-45)52-35-23-29-47(41-52)48-39-40-56-58(43-48)67(50-31-17-11-18-32-50,51-33-19-12-20-34-51)59-44-57(54-37-21-22-38-55(54)60(56)59)49-30-24-36-53(42-49)71-62(46-27-15-10-16-28-46)69-64(3,4)66(71,7)8/h9-44H,1-8H3. The third-order valence-corrected chi connectivity index (χ3v) is 16.8. The number of hydrogen-bond donors (Lipinski definition) is 0. The molecule has 0 bridgehead atoms. The Morgan fingerprint density at radius 3 is 1.27 bits per heavy atom. The highest BCUT2D eigenvalue weighted by molar-refractivity contribution is 6.15. The van der Waals surface area contributed by atoms with Crippen LogP contribution in [0.15, 0.2) is 228 Å². The number of benzene rings is 9. The van der Waals surface area contributed by atoms with Gasteiger partial charge in [-0.05, 0) is 158 Å². The Balaban J connectivity index is 1.07. The zero-order chi connectivity index (χ0) is 48.9. The van der Waals surface area contributed by atoms with Crippen molar-refractivity contribution in [2.24, 2.45) is 9.98 Å². The highest BCUT2D eigenvalue weighted by Gasteiger charge is 2.52. The summed E-state index contributed by atoms with van der Waals surface area (Å²) in [6.07, 6.45) is 0. The highest BCUT2D eigenvalue weighted by Crippen LogP contribution is 2.60. The Morgan fingerprint density at radius 1 is 0.324 bits per heavy atom. The summed E-state index contributed by atoms with van der Waals surface area (Å²) in [7, 11) is 0. The molecular formula is C67H60N4. The molecule has 2 heterocycles. The molecule has 0 aromatic heterocycles. The van der Waals surface area contributed by atoms with E-state index in [0.29, 0.717) is 0 Å². The van der Waals surface area contributed by atoms with Gasteiger partial charge < -0.3 is 9.80 Å². The van der Waals surface area contributed by atoms with Gasteiger partial charge in [0.2, 0.25) is 0 Å². The Bertz CT molecular complexity index is 3540. The van der Waals surface area contributed by atoms with Gasteiger partial charge in [-0.25, -0.2) is 0 Å². The lowest BCUT2D eigenvalue weighted by atomic mass is 9.67. The zero-order valence-corrected chi connectivity index (χ0v) is 42.1. The van der Waals surface area contributed by atoms with Crippen LogP contribution < -0.4 is 9.80 Å². The van der Waals surface area contributed by atoms with E-state index in [2.05, 4.69) is 284 Å². The van der Waals surface area contributed by atoms with Gasteiger partial charge in [0, 0.05) is 22.5 Å². The molecule has 4 nitrogen and oxygen atoms in total. The van der Waals surface area contributed by atoms with E-state index < -0.39 is 5.41 Å². The van der Waals surface area contributed by atoms with Crippen molar-refractivity contribution in [2.75, 3.05) is 9.80 Å². The summed E-state index contributed by atoms with van der Waals surface area (Å²) in [4.78, 5) is 15.7. The van der Waals surface area contributed by atoms with E-state index in [1.807, 2.05) is 0 Å². The van der Waals surface area contributed by atoms with Gasteiger partial charge in [-0.2, -0.15) is 0 Å². The molecule has 0 spiro atoms. The molecule has 0 saturated heterocycles. The van der Waals surface area contributed by atoms with Crippen LogP contribution >= 0.6 is 0 Å². The molecule has 4 heteroatoms. The van der Waals surface area contributed by atoms with Gasteiger partial charge in [0.15, 0.2) is 0 Å². The van der Waals surface area contributed by atoms with E-state index in [9.17, 15) is 0 Å². The van der Waals surface area contributed by atoms with Crippen molar-refractivity contribution in [3.8, 4) is 33.4 Å². The molecule has 2 aliphatic heterocycles. The van der Waals surface area contributed by atoms with Gasteiger partial charge in [0.05, 0.1) is 27.6 Å². The molecule has 0 unspecified atom stereocenters. The number of fused-ring (bicyclic) bond motifs is 5. The van der Waals surface area contributed by atoms with Gasteiger partial charge in [-0.15, -0.1) is 0 Å². The number of hydrogen-bond acceptors (Lipinski definition) is 4. The average Bonchev–Trinajstić information content (AvgIpc) is 3.88. The summed E-state index contributed by atoms with van der Waals surface area (Å²) < 4.78 is 0. The van der Waals surface area contributed by atoms with Crippen LogP contribution in [0.25, 0.3) is 44.2 Å². The first kappa shape index (κ1) is 44.4. The summed E-state index contributed by atoms with van der Waals surface area (Å²) in [6, 6.07) is 80.8. The van der Waals surface area contributed by atoms with Crippen LogP contribution in [0.4, 0.5) is 11.4 Å². The molecule has 12 rings (SSSR count). The predicted molar refractivity (Wildman–Crippen MR) is 299 cm³/mol. The van der Waals surface area contributed by atoms with E-state index in [0.717, 1.165) is 39.7 Å². The molecule has 0 saturated carbocycles. The maximum atomic E-state index is 5.43. The maximum Gasteiger partial charge on any atom is 0.136 e. The van der Waals surface area contributed by atoms with Crippen molar-refractivity contribution in [3.63, 3.8) is 0 Å². The fourth-order valence-corrected chi connectivity index (χ4v) is 11.8. The van der Waals surface area contributed by atoms with Crippen LogP contribution in [0, 0.1) is 0 Å². The first-order chi connectivity index (χ1) is 34.2. The number of amidine groups is 2. The van der Waals surface area contributed by atoms with Gasteiger partial charge in [-0.3, -0.25) is 9.98 Å². The largest absolute Gasteiger partial charge is 0.318 e. The number of anilines is 2. The maximum absolute atomic E-state index is 5.43. The van der Waals surface area contributed by atoms with Crippen molar-refractivity contribution in [2.45, 2.75) is 83.0 Å². The molecule has 0 radical (unpaired) electrons. The topological polar surface area (TPSA) is 31.2 Å². The lowest BCUT2D eigenvalue weighted by Gasteiger charge is -2.41. The molecule has 71 heavy (non-hydrogen) atoms. The molecule has 0 atom stereocenters. The highest BCUT2D eigenvalue weighted by atomic mass is 15.3. The van der Waals surface area contributed by atoms with Crippen LogP contribution in [0.1, 0.15) is 88.8 Å². The third-order valence-electron chi connectivity index (χ3n) is 16.8. The van der Waals surface area contributed by atoms with Gasteiger partial charge in [0.1, 0.15) is 11.7 Å². The first-order valence-corrected chi connectivity index (χ1v) is 25.2. The molecule has 3 aliphatic rings. The van der Waals surface area contributed by atoms with Crippen LogP contribution in [0.5, 0.6) is 0 Å². The van der Waals surface area contributed by atoms with Crippen molar-refractivity contribution < 1.29 is 0 Å². The van der Waals surface area contributed by atoms with Crippen molar-refractivity contribution in [3.05, 3.63) is 252 Å². The summed E-state index contributed by atoms with van der Waals surface area (Å²) in [5.74, 6) is 2.00. The second-order valence-corrected chi connectivity index (χ2v) is 21.7. The summed E-state index contributed by atoms with van der Waals surface area (Å²) in [5.41, 5.74) is 14.9.